The number of hydrogen-bond acceptors (Lipinski definition) is 5. The van der Waals surface area contributed by atoms with E-state index in [4.69, 9.17) is 9.73 Å². The van der Waals surface area contributed by atoms with Gasteiger partial charge < -0.3 is 15.4 Å². The summed E-state index contributed by atoms with van der Waals surface area (Å²) in [6.07, 6.45) is 2.93. The van der Waals surface area contributed by atoms with Crippen LogP contribution in [0.25, 0.3) is 0 Å². The summed E-state index contributed by atoms with van der Waals surface area (Å²) in [6, 6.07) is 8.27. The van der Waals surface area contributed by atoms with E-state index < -0.39 is 9.84 Å². The minimum Gasteiger partial charge on any atom is -0.497 e. The SMILES string of the molecule is CCNC(=NCC1CCN(Cc2ccc(OC)cc2)CC1)NC1CCS(=O)(=O)C1. The van der Waals surface area contributed by atoms with E-state index in [1.165, 1.54) is 5.56 Å². The lowest BCUT2D eigenvalue weighted by atomic mass is 9.96. The number of aliphatic imine (C=N–C) groups is 1. The van der Waals surface area contributed by atoms with E-state index >= 15 is 0 Å². The van der Waals surface area contributed by atoms with Gasteiger partial charge in [0, 0.05) is 25.7 Å². The summed E-state index contributed by atoms with van der Waals surface area (Å²) in [4.78, 5) is 7.24. The molecule has 0 spiro atoms. The number of benzene rings is 1. The van der Waals surface area contributed by atoms with Gasteiger partial charge in [0.05, 0.1) is 18.6 Å². The van der Waals surface area contributed by atoms with Crippen molar-refractivity contribution in [2.45, 2.75) is 38.8 Å². The summed E-state index contributed by atoms with van der Waals surface area (Å²) in [5.41, 5.74) is 1.31. The largest absolute Gasteiger partial charge is 0.497 e. The quantitative estimate of drug-likeness (QED) is 0.514. The molecule has 0 saturated carbocycles. The Morgan fingerprint density at radius 3 is 2.52 bits per heavy atom. The maximum atomic E-state index is 11.7. The minimum absolute atomic E-state index is 0.0239. The lowest BCUT2D eigenvalue weighted by molar-refractivity contribution is 0.180. The number of likely N-dealkylation sites (tertiary alicyclic amines) is 1. The maximum absolute atomic E-state index is 11.7. The van der Waals surface area contributed by atoms with E-state index in [0.717, 1.165) is 57.3 Å². The van der Waals surface area contributed by atoms with Crippen LogP contribution in [-0.2, 0) is 16.4 Å². The van der Waals surface area contributed by atoms with Gasteiger partial charge in [0.25, 0.3) is 0 Å². The predicted octanol–water partition coefficient (Wildman–Crippen LogP) is 1.65. The third-order valence-corrected chi connectivity index (χ3v) is 7.47. The normalized spacial score (nSPS) is 23.1. The highest BCUT2D eigenvalue weighted by molar-refractivity contribution is 7.91. The predicted molar refractivity (Wildman–Crippen MR) is 117 cm³/mol. The first-order chi connectivity index (χ1) is 14.0. The van der Waals surface area contributed by atoms with E-state index in [2.05, 4.69) is 27.7 Å². The van der Waals surface area contributed by atoms with Crippen molar-refractivity contribution in [3.05, 3.63) is 29.8 Å². The fraction of sp³-hybridized carbons (Fsp3) is 0.667. The Balaban J connectivity index is 1.44. The molecule has 1 aromatic carbocycles. The van der Waals surface area contributed by atoms with Crippen molar-refractivity contribution in [2.75, 3.05) is 44.8 Å². The number of ether oxygens (including phenoxy) is 1. The van der Waals surface area contributed by atoms with Crippen LogP contribution in [0.3, 0.4) is 0 Å². The molecule has 3 rings (SSSR count). The second-order valence-electron chi connectivity index (χ2n) is 8.03. The van der Waals surface area contributed by atoms with Gasteiger partial charge in [-0.15, -0.1) is 0 Å². The van der Waals surface area contributed by atoms with E-state index in [1.54, 1.807) is 7.11 Å². The van der Waals surface area contributed by atoms with E-state index in [9.17, 15) is 8.42 Å². The molecule has 2 N–H and O–H groups in total. The van der Waals surface area contributed by atoms with Crippen LogP contribution in [-0.4, -0.2) is 70.1 Å². The van der Waals surface area contributed by atoms with Crippen LogP contribution in [0.2, 0.25) is 0 Å². The number of piperidine rings is 1. The van der Waals surface area contributed by atoms with Gasteiger partial charge in [-0.1, -0.05) is 12.1 Å². The molecule has 2 fully saturated rings. The molecular formula is C21H34N4O3S. The number of nitrogens with zero attached hydrogens (tertiary/aromatic N) is 2. The lowest BCUT2D eigenvalue weighted by Crippen LogP contribution is -2.44. The molecule has 2 saturated heterocycles. The number of sulfone groups is 1. The maximum Gasteiger partial charge on any atom is 0.191 e. The Labute approximate surface area is 174 Å². The number of rotatable bonds is 7. The van der Waals surface area contributed by atoms with Crippen LogP contribution in [0.4, 0.5) is 0 Å². The summed E-state index contributed by atoms with van der Waals surface area (Å²) >= 11 is 0. The summed E-state index contributed by atoms with van der Waals surface area (Å²) in [7, 11) is -1.20. The smallest absolute Gasteiger partial charge is 0.191 e. The molecule has 2 aliphatic rings. The van der Waals surface area contributed by atoms with Crippen LogP contribution in [0, 0.1) is 5.92 Å². The van der Waals surface area contributed by atoms with Crippen molar-refractivity contribution in [3.8, 4) is 5.75 Å². The molecule has 7 nitrogen and oxygen atoms in total. The Bertz CT molecular complexity index is 772. The van der Waals surface area contributed by atoms with Gasteiger partial charge in [-0.2, -0.15) is 0 Å². The highest BCUT2D eigenvalue weighted by Crippen LogP contribution is 2.20. The molecule has 162 valence electrons. The van der Waals surface area contributed by atoms with Gasteiger partial charge in [-0.25, -0.2) is 8.42 Å². The molecule has 1 atom stereocenters. The first-order valence-corrected chi connectivity index (χ1v) is 12.4. The van der Waals surface area contributed by atoms with Gasteiger partial charge in [-0.3, -0.25) is 9.89 Å². The molecule has 2 aliphatic heterocycles. The van der Waals surface area contributed by atoms with Crippen LogP contribution in [0.15, 0.2) is 29.3 Å². The zero-order valence-corrected chi connectivity index (χ0v) is 18.4. The minimum atomic E-state index is -2.89. The van der Waals surface area contributed by atoms with Gasteiger partial charge in [-0.05, 0) is 62.9 Å². The molecule has 0 bridgehead atoms. The highest BCUT2D eigenvalue weighted by Gasteiger charge is 2.28. The molecule has 0 radical (unpaired) electrons. The highest BCUT2D eigenvalue weighted by atomic mass is 32.2. The van der Waals surface area contributed by atoms with E-state index in [0.29, 0.717) is 12.3 Å². The van der Waals surface area contributed by atoms with Crippen molar-refractivity contribution >= 4 is 15.8 Å². The monoisotopic (exact) mass is 422 g/mol. The van der Waals surface area contributed by atoms with Crippen molar-refractivity contribution in [1.82, 2.24) is 15.5 Å². The van der Waals surface area contributed by atoms with E-state index in [1.807, 2.05) is 19.1 Å². The van der Waals surface area contributed by atoms with E-state index in [-0.39, 0.29) is 17.5 Å². The zero-order chi connectivity index (χ0) is 20.7. The van der Waals surface area contributed by atoms with Gasteiger partial charge in [0.1, 0.15) is 5.75 Å². The van der Waals surface area contributed by atoms with Crippen molar-refractivity contribution in [3.63, 3.8) is 0 Å². The van der Waals surface area contributed by atoms with Crippen molar-refractivity contribution < 1.29 is 13.2 Å². The summed E-state index contributed by atoms with van der Waals surface area (Å²) in [6.45, 7) is 6.71. The van der Waals surface area contributed by atoms with Crippen LogP contribution in [0.5, 0.6) is 5.75 Å². The Kier molecular flexibility index (Phi) is 7.77. The Hall–Kier alpha value is -1.80. The molecule has 0 amide bonds. The molecule has 1 aromatic rings. The number of hydrogen-bond donors (Lipinski definition) is 2. The lowest BCUT2D eigenvalue weighted by Gasteiger charge is -2.31. The van der Waals surface area contributed by atoms with Crippen molar-refractivity contribution in [1.29, 1.82) is 0 Å². The molecule has 2 heterocycles. The third kappa shape index (κ3) is 6.89. The van der Waals surface area contributed by atoms with Crippen LogP contribution < -0.4 is 15.4 Å². The van der Waals surface area contributed by atoms with Crippen molar-refractivity contribution in [2.24, 2.45) is 10.9 Å². The number of guanidine groups is 1. The number of methoxy groups -OCH3 is 1. The molecular weight excluding hydrogens is 388 g/mol. The average molecular weight is 423 g/mol. The zero-order valence-electron chi connectivity index (χ0n) is 17.6. The third-order valence-electron chi connectivity index (χ3n) is 5.70. The average Bonchev–Trinajstić information content (AvgIpc) is 3.06. The molecule has 1 unspecified atom stereocenters. The topological polar surface area (TPSA) is 83.0 Å². The molecule has 8 heteroatoms. The van der Waals surface area contributed by atoms with Crippen LogP contribution >= 0.6 is 0 Å². The summed E-state index contributed by atoms with van der Waals surface area (Å²) in [5, 5.41) is 6.55. The van der Waals surface area contributed by atoms with Gasteiger partial charge in [0.15, 0.2) is 15.8 Å². The number of nitrogens with one attached hydrogen (secondary N) is 2. The fourth-order valence-corrected chi connectivity index (χ4v) is 5.63. The van der Waals surface area contributed by atoms with Crippen LogP contribution in [0.1, 0.15) is 31.7 Å². The summed E-state index contributed by atoms with van der Waals surface area (Å²) in [5.74, 6) is 2.70. The Morgan fingerprint density at radius 2 is 1.93 bits per heavy atom. The molecule has 29 heavy (non-hydrogen) atoms. The second kappa shape index (κ2) is 10.3. The Morgan fingerprint density at radius 1 is 1.21 bits per heavy atom. The first-order valence-electron chi connectivity index (χ1n) is 10.6. The standard InChI is InChI=1S/C21H34N4O3S/c1-3-22-21(24-19-10-13-29(26,27)16-19)23-14-17-8-11-25(12-9-17)15-18-4-6-20(28-2)7-5-18/h4-7,17,19H,3,8-16H2,1-2H3,(H2,22,23,24). The molecule has 0 aliphatic carbocycles. The molecule has 0 aromatic heterocycles. The van der Waals surface area contributed by atoms with Gasteiger partial charge in [0.2, 0.25) is 0 Å². The van der Waals surface area contributed by atoms with Gasteiger partial charge >= 0.3 is 0 Å². The first kappa shape index (κ1) is 21.9. The fourth-order valence-electron chi connectivity index (χ4n) is 3.96. The summed E-state index contributed by atoms with van der Waals surface area (Å²) < 4.78 is 28.6. The second-order valence-corrected chi connectivity index (χ2v) is 10.3.